The SMILES string of the molecule is O=C([O-])[C@H]1O[C@@H](O)[C@H](O)[C@@H](O[C@@H]2O[C@H](CO)[C@@H](O)[C@H](O)[C@H]2O)[C@@H]1O. The van der Waals surface area contributed by atoms with E-state index >= 15 is 0 Å². The van der Waals surface area contributed by atoms with Crippen LogP contribution in [0, 0.1) is 0 Å². The molecule has 0 radical (unpaired) electrons. The summed E-state index contributed by atoms with van der Waals surface area (Å²) in [5.41, 5.74) is 0. The molecule has 7 N–H and O–H groups in total. The lowest BCUT2D eigenvalue weighted by Gasteiger charge is -2.45. The van der Waals surface area contributed by atoms with Gasteiger partial charge in [-0.1, -0.05) is 0 Å². The van der Waals surface area contributed by atoms with E-state index in [0.29, 0.717) is 0 Å². The van der Waals surface area contributed by atoms with Crippen LogP contribution >= 0.6 is 0 Å². The minimum Gasteiger partial charge on any atom is -0.547 e. The molecule has 0 unspecified atom stereocenters. The predicted octanol–water partition coefficient (Wildman–Crippen LogP) is -6.64. The van der Waals surface area contributed by atoms with Gasteiger partial charge in [0.05, 0.1) is 12.6 Å². The summed E-state index contributed by atoms with van der Waals surface area (Å²) < 4.78 is 14.6. The van der Waals surface area contributed by atoms with Gasteiger partial charge in [-0.15, -0.1) is 0 Å². The average Bonchev–Trinajstić information content (AvgIpc) is 2.54. The fraction of sp³-hybridized carbons (Fsp3) is 0.917. The molecular weight excluding hydrogens is 336 g/mol. The molecule has 0 aromatic carbocycles. The van der Waals surface area contributed by atoms with E-state index in [9.17, 15) is 40.5 Å². The highest BCUT2D eigenvalue weighted by molar-refractivity contribution is 5.71. The van der Waals surface area contributed by atoms with E-state index in [1.54, 1.807) is 0 Å². The number of aliphatic hydroxyl groups excluding tert-OH is 7. The Bertz CT molecular complexity index is 444. The number of aliphatic hydroxyl groups is 7. The summed E-state index contributed by atoms with van der Waals surface area (Å²) in [5, 5.41) is 78.3. The zero-order valence-electron chi connectivity index (χ0n) is 12.2. The number of ether oxygens (including phenoxy) is 3. The van der Waals surface area contributed by atoms with Crippen molar-refractivity contribution in [3.63, 3.8) is 0 Å². The molecule has 0 saturated carbocycles. The van der Waals surface area contributed by atoms with Crippen molar-refractivity contribution in [2.45, 2.75) is 61.4 Å². The maximum atomic E-state index is 10.9. The minimum atomic E-state index is -2.04. The Labute approximate surface area is 135 Å². The summed E-state index contributed by atoms with van der Waals surface area (Å²) in [6.07, 6.45) is -18.1. The van der Waals surface area contributed by atoms with Crippen LogP contribution in [0.3, 0.4) is 0 Å². The van der Waals surface area contributed by atoms with Gasteiger partial charge in [0.15, 0.2) is 12.6 Å². The van der Waals surface area contributed by atoms with Crippen LogP contribution in [0.2, 0.25) is 0 Å². The second-order valence-electron chi connectivity index (χ2n) is 5.55. The summed E-state index contributed by atoms with van der Waals surface area (Å²) in [6.45, 7) is -0.742. The Morgan fingerprint density at radius 1 is 0.917 bits per heavy atom. The van der Waals surface area contributed by atoms with Gasteiger partial charge in [-0.3, -0.25) is 0 Å². The molecule has 24 heavy (non-hydrogen) atoms. The molecule has 2 heterocycles. The van der Waals surface area contributed by atoms with Gasteiger partial charge in [0.1, 0.15) is 48.8 Å². The van der Waals surface area contributed by atoms with E-state index in [0.717, 1.165) is 0 Å². The number of carboxylic acid groups (broad SMARTS) is 1. The molecule has 0 aromatic heterocycles. The molecule has 2 rings (SSSR count). The lowest BCUT2D eigenvalue weighted by molar-refractivity contribution is -0.369. The standard InChI is InChI=1S/C12H20O12/c13-1-2-3(14)4(15)5(16)12(22-2)24-8-6(17)9(10(19)20)23-11(21)7(8)18/h2-9,11-18,21H,1H2,(H,19,20)/p-1/t2-,3-,4+,5-,6+,7-,8+,9+,11-,12+/m1/s1. The first kappa shape index (κ1) is 19.4. The summed E-state index contributed by atoms with van der Waals surface area (Å²) in [6, 6.07) is 0. The first-order valence-electron chi connectivity index (χ1n) is 7.05. The highest BCUT2D eigenvalue weighted by Gasteiger charge is 2.50. The molecule has 10 atom stereocenters. The normalized spacial score (nSPS) is 49.8. The topological polar surface area (TPSA) is 209 Å². The van der Waals surface area contributed by atoms with E-state index in [4.69, 9.17) is 14.6 Å². The van der Waals surface area contributed by atoms with Crippen molar-refractivity contribution in [1.82, 2.24) is 0 Å². The first-order chi connectivity index (χ1) is 11.2. The molecule has 12 nitrogen and oxygen atoms in total. The smallest absolute Gasteiger partial charge is 0.187 e. The quantitative estimate of drug-likeness (QED) is 0.251. The second-order valence-corrected chi connectivity index (χ2v) is 5.55. The van der Waals surface area contributed by atoms with E-state index in [2.05, 4.69) is 4.74 Å². The summed E-state index contributed by atoms with van der Waals surface area (Å²) in [4.78, 5) is 10.9. The van der Waals surface area contributed by atoms with Crippen LogP contribution in [0.25, 0.3) is 0 Å². The molecule has 140 valence electrons. The summed E-state index contributed by atoms with van der Waals surface area (Å²) >= 11 is 0. The average molecular weight is 355 g/mol. The highest BCUT2D eigenvalue weighted by Crippen LogP contribution is 2.28. The van der Waals surface area contributed by atoms with Crippen molar-refractivity contribution in [2.75, 3.05) is 6.61 Å². The van der Waals surface area contributed by atoms with Crippen molar-refractivity contribution >= 4 is 5.97 Å². The van der Waals surface area contributed by atoms with Crippen LogP contribution in [0.5, 0.6) is 0 Å². The molecule has 0 spiro atoms. The molecule has 0 amide bonds. The van der Waals surface area contributed by atoms with Gasteiger partial charge in [-0.05, 0) is 0 Å². The number of aliphatic carboxylic acids is 1. The Balaban J connectivity index is 2.16. The lowest BCUT2D eigenvalue weighted by atomic mass is 9.97. The van der Waals surface area contributed by atoms with E-state index in [1.807, 2.05) is 0 Å². The third kappa shape index (κ3) is 3.52. The van der Waals surface area contributed by atoms with Gasteiger partial charge in [0.2, 0.25) is 0 Å². The first-order valence-corrected chi connectivity index (χ1v) is 7.05. The minimum absolute atomic E-state index is 0.742. The maximum Gasteiger partial charge on any atom is 0.187 e. The fourth-order valence-electron chi connectivity index (χ4n) is 2.54. The van der Waals surface area contributed by atoms with E-state index < -0.39 is 74.0 Å². The molecule has 2 saturated heterocycles. The largest absolute Gasteiger partial charge is 0.547 e. The Kier molecular flexibility index (Phi) is 6.09. The molecule has 2 fully saturated rings. The van der Waals surface area contributed by atoms with Gasteiger partial charge in [0, 0.05) is 0 Å². The summed E-state index contributed by atoms with van der Waals surface area (Å²) in [5.74, 6) is -1.88. The zero-order valence-corrected chi connectivity index (χ0v) is 12.2. The van der Waals surface area contributed by atoms with Crippen LogP contribution < -0.4 is 5.11 Å². The van der Waals surface area contributed by atoms with Crippen LogP contribution in [-0.4, -0.2) is 110 Å². The number of hydrogen-bond acceptors (Lipinski definition) is 12. The van der Waals surface area contributed by atoms with E-state index in [-0.39, 0.29) is 0 Å². The van der Waals surface area contributed by atoms with Crippen molar-refractivity contribution in [2.24, 2.45) is 0 Å². The molecule has 2 aliphatic rings. The van der Waals surface area contributed by atoms with E-state index in [1.165, 1.54) is 0 Å². The molecule has 2 aliphatic heterocycles. The second kappa shape index (κ2) is 7.53. The number of hydrogen-bond donors (Lipinski definition) is 7. The van der Waals surface area contributed by atoms with Gasteiger partial charge in [-0.2, -0.15) is 0 Å². The third-order valence-corrected chi connectivity index (χ3v) is 3.93. The van der Waals surface area contributed by atoms with Crippen molar-refractivity contribution in [3.8, 4) is 0 Å². The predicted molar refractivity (Wildman–Crippen MR) is 66.5 cm³/mol. The Hall–Kier alpha value is -0.930. The Morgan fingerprint density at radius 3 is 2.08 bits per heavy atom. The van der Waals surface area contributed by atoms with Crippen LogP contribution in [0.4, 0.5) is 0 Å². The lowest BCUT2D eigenvalue weighted by Crippen LogP contribution is -2.66. The van der Waals surface area contributed by atoms with Crippen molar-refractivity contribution < 1.29 is 59.9 Å². The van der Waals surface area contributed by atoms with Gasteiger partial charge >= 0.3 is 0 Å². The molecule has 12 heteroatoms. The summed E-state index contributed by atoms with van der Waals surface area (Å²) in [7, 11) is 0. The number of rotatable bonds is 4. The molecule has 0 aliphatic carbocycles. The highest BCUT2D eigenvalue weighted by atomic mass is 16.7. The van der Waals surface area contributed by atoms with Crippen LogP contribution in [-0.2, 0) is 19.0 Å². The zero-order chi connectivity index (χ0) is 18.2. The number of carbonyl (C=O) groups excluding carboxylic acids is 1. The van der Waals surface area contributed by atoms with Crippen molar-refractivity contribution in [3.05, 3.63) is 0 Å². The fourth-order valence-corrected chi connectivity index (χ4v) is 2.54. The monoisotopic (exact) mass is 355 g/mol. The van der Waals surface area contributed by atoms with Gasteiger partial charge in [-0.25, -0.2) is 0 Å². The van der Waals surface area contributed by atoms with Gasteiger partial charge < -0.3 is 59.9 Å². The molecular formula is C12H19O12-. The maximum absolute atomic E-state index is 10.9. The van der Waals surface area contributed by atoms with Gasteiger partial charge in [0.25, 0.3) is 0 Å². The molecule has 0 bridgehead atoms. The van der Waals surface area contributed by atoms with Crippen LogP contribution in [0.1, 0.15) is 0 Å². The third-order valence-electron chi connectivity index (χ3n) is 3.93. The van der Waals surface area contributed by atoms with Crippen LogP contribution in [0.15, 0.2) is 0 Å². The van der Waals surface area contributed by atoms with Crippen molar-refractivity contribution in [1.29, 1.82) is 0 Å². The number of carboxylic acids is 1. The Morgan fingerprint density at radius 2 is 1.54 bits per heavy atom. The molecule has 0 aromatic rings. The number of carbonyl (C=O) groups is 1.